The highest BCUT2D eigenvalue weighted by Gasteiger charge is 2.35. The van der Waals surface area contributed by atoms with E-state index in [-0.39, 0.29) is 12.2 Å². The van der Waals surface area contributed by atoms with Crippen LogP contribution in [0, 0.1) is 5.92 Å². The third kappa shape index (κ3) is 6.26. The highest BCUT2D eigenvalue weighted by Crippen LogP contribution is 2.44. The Morgan fingerprint density at radius 3 is 2.25 bits per heavy atom. The van der Waals surface area contributed by atoms with Crippen molar-refractivity contribution in [2.24, 2.45) is 10.9 Å². The lowest BCUT2D eigenvalue weighted by atomic mass is 9.88. The maximum Gasteiger partial charge on any atom is 0.159 e. The van der Waals surface area contributed by atoms with Crippen molar-refractivity contribution in [3.63, 3.8) is 0 Å². The van der Waals surface area contributed by atoms with Gasteiger partial charge in [-0.3, -0.25) is 9.89 Å². The molecule has 5 aromatic carbocycles. The van der Waals surface area contributed by atoms with Crippen molar-refractivity contribution in [1.82, 2.24) is 14.9 Å². The fourth-order valence-corrected chi connectivity index (χ4v) is 9.49. The van der Waals surface area contributed by atoms with Crippen LogP contribution in [0.3, 0.4) is 0 Å². The lowest BCUT2D eigenvalue weighted by molar-refractivity contribution is 0.231. The summed E-state index contributed by atoms with van der Waals surface area (Å²) in [5.74, 6) is 0.658. The SMILES string of the molecule is CN1CC=CC2C=CC(c3ccc(/C=C/C4=CC5C(C=C4)c4ccc(C=Cc6ccc(-c7ccc8cccnc8n7)c7ccccc67)cc4N5C)c4ccccc34)=NC21. The van der Waals surface area contributed by atoms with Gasteiger partial charge in [-0.2, -0.15) is 0 Å². The number of allylic oxidation sites excluding steroid dienone is 4. The molecule has 59 heavy (non-hydrogen) atoms. The van der Waals surface area contributed by atoms with E-state index in [2.05, 4.69) is 199 Å². The fraction of sp³-hybridized carbons (Fsp3) is 0.130. The summed E-state index contributed by atoms with van der Waals surface area (Å²) >= 11 is 0. The number of benzene rings is 5. The summed E-state index contributed by atoms with van der Waals surface area (Å²) in [6.45, 7) is 0.932. The second kappa shape index (κ2) is 14.5. The number of nitrogens with zero attached hydrogens (tertiary/aromatic N) is 5. The average molecular weight is 762 g/mol. The van der Waals surface area contributed by atoms with Gasteiger partial charge >= 0.3 is 0 Å². The van der Waals surface area contributed by atoms with Crippen LogP contribution in [0.25, 0.3) is 62.1 Å². The van der Waals surface area contributed by atoms with Crippen molar-refractivity contribution in [1.29, 1.82) is 0 Å². The third-order valence-electron chi connectivity index (χ3n) is 12.6. The lowest BCUT2D eigenvalue weighted by Crippen LogP contribution is -2.40. The summed E-state index contributed by atoms with van der Waals surface area (Å²) in [5.41, 5.74) is 12.5. The standard InChI is InChI=1S/C54H43N5/c1-58-32-8-10-40-24-30-50(57-54(40)58)46-28-22-38(42-12-4-6-14-44(42)46)20-16-36-18-26-48-47-25-17-35(33-51(47)59(2)52(48)34-36)15-19-37-21-27-45(43-13-5-3-11-41(37)43)49-29-23-39-9-7-31-55-53(39)56-49/h3-31,33-34,40,48,52,54H,32H2,1-2H3/b19-15?,20-16+. The van der Waals surface area contributed by atoms with E-state index in [1.165, 1.54) is 60.6 Å². The van der Waals surface area contributed by atoms with Crippen LogP contribution < -0.4 is 4.90 Å². The van der Waals surface area contributed by atoms with Crippen LogP contribution in [-0.2, 0) is 0 Å². The second-order valence-corrected chi connectivity index (χ2v) is 16.1. The Balaban J connectivity index is 0.836. The Hall–Kier alpha value is -6.95. The highest BCUT2D eigenvalue weighted by molar-refractivity contribution is 6.17. The number of dihydropyridines is 1. The summed E-state index contributed by atoms with van der Waals surface area (Å²) in [5, 5.41) is 5.90. The molecular formula is C54H43N5. The molecule has 284 valence electrons. The number of likely N-dealkylation sites (N-methyl/N-ethyl adjacent to an activating group) is 2. The molecule has 0 saturated heterocycles. The molecule has 5 heterocycles. The third-order valence-corrected chi connectivity index (χ3v) is 12.6. The summed E-state index contributed by atoms with van der Waals surface area (Å²) < 4.78 is 0. The quantitative estimate of drug-likeness (QED) is 0.125. The molecule has 4 aliphatic rings. The molecule has 4 unspecified atom stereocenters. The number of hydrogen-bond acceptors (Lipinski definition) is 5. The van der Waals surface area contributed by atoms with Crippen molar-refractivity contribution in [2.45, 2.75) is 18.1 Å². The first-order chi connectivity index (χ1) is 29.1. The second-order valence-electron chi connectivity index (χ2n) is 16.1. The minimum atomic E-state index is 0.151. The van der Waals surface area contributed by atoms with Crippen LogP contribution in [0.4, 0.5) is 5.69 Å². The normalized spacial score (nSPS) is 21.1. The Kier molecular flexibility index (Phi) is 8.63. The van der Waals surface area contributed by atoms with Gasteiger partial charge in [0.25, 0.3) is 0 Å². The van der Waals surface area contributed by atoms with Crippen molar-refractivity contribution in [3.8, 4) is 11.3 Å². The molecule has 0 N–H and O–H groups in total. The Morgan fingerprint density at radius 1 is 0.661 bits per heavy atom. The summed E-state index contributed by atoms with van der Waals surface area (Å²) in [6.07, 6.45) is 27.1. The Labute approximate surface area is 345 Å². The summed E-state index contributed by atoms with van der Waals surface area (Å²) in [6, 6.07) is 41.6. The predicted molar refractivity (Wildman–Crippen MR) is 248 cm³/mol. The molecule has 0 saturated carbocycles. The maximum atomic E-state index is 5.23. The van der Waals surface area contributed by atoms with Crippen molar-refractivity contribution < 1.29 is 0 Å². The topological polar surface area (TPSA) is 44.6 Å². The average Bonchev–Trinajstić information content (AvgIpc) is 3.56. The molecule has 5 heteroatoms. The first kappa shape index (κ1) is 35.2. The fourth-order valence-electron chi connectivity index (χ4n) is 9.49. The summed E-state index contributed by atoms with van der Waals surface area (Å²) in [4.78, 5) is 19.4. The number of aliphatic imine (C=N–C) groups is 1. The van der Waals surface area contributed by atoms with E-state index in [4.69, 9.17) is 9.98 Å². The van der Waals surface area contributed by atoms with E-state index >= 15 is 0 Å². The molecule has 0 radical (unpaired) electrons. The predicted octanol–water partition coefficient (Wildman–Crippen LogP) is 11.7. The zero-order chi connectivity index (χ0) is 39.5. The molecule has 2 aromatic heterocycles. The zero-order valence-corrected chi connectivity index (χ0v) is 33.2. The van der Waals surface area contributed by atoms with E-state index in [0.717, 1.165) is 34.5 Å². The van der Waals surface area contributed by atoms with Gasteiger partial charge in [-0.25, -0.2) is 9.97 Å². The molecule has 0 amide bonds. The molecule has 4 atom stereocenters. The maximum absolute atomic E-state index is 5.23. The van der Waals surface area contributed by atoms with Gasteiger partial charge in [-0.05, 0) is 92.8 Å². The molecule has 0 fully saturated rings. The first-order valence-electron chi connectivity index (χ1n) is 20.6. The van der Waals surface area contributed by atoms with E-state index in [1.54, 1.807) is 6.20 Å². The minimum absolute atomic E-state index is 0.151. The van der Waals surface area contributed by atoms with E-state index in [1.807, 2.05) is 12.1 Å². The van der Waals surface area contributed by atoms with Crippen LogP contribution >= 0.6 is 0 Å². The van der Waals surface area contributed by atoms with E-state index in [0.29, 0.717) is 11.8 Å². The Bertz CT molecular complexity index is 3050. The molecular weight excluding hydrogens is 719 g/mol. The van der Waals surface area contributed by atoms with Crippen LogP contribution in [0.15, 0.2) is 181 Å². The number of hydrogen-bond donors (Lipinski definition) is 0. The van der Waals surface area contributed by atoms with Gasteiger partial charge in [0.1, 0.15) is 6.17 Å². The van der Waals surface area contributed by atoms with Crippen LogP contribution in [0.2, 0.25) is 0 Å². The molecule has 1 aliphatic carbocycles. The van der Waals surface area contributed by atoms with Gasteiger partial charge in [0, 0.05) is 53.8 Å². The zero-order valence-electron chi connectivity index (χ0n) is 33.2. The smallest absolute Gasteiger partial charge is 0.159 e. The number of pyridine rings is 2. The van der Waals surface area contributed by atoms with E-state index < -0.39 is 0 Å². The molecule has 11 rings (SSSR count). The van der Waals surface area contributed by atoms with Gasteiger partial charge in [0.05, 0.1) is 17.4 Å². The first-order valence-corrected chi connectivity index (χ1v) is 20.6. The van der Waals surface area contributed by atoms with Gasteiger partial charge in [-0.15, -0.1) is 0 Å². The molecule has 7 aromatic rings. The van der Waals surface area contributed by atoms with Gasteiger partial charge in [0.2, 0.25) is 0 Å². The van der Waals surface area contributed by atoms with E-state index in [9.17, 15) is 0 Å². The van der Waals surface area contributed by atoms with Gasteiger partial charge in [0.15, 0.2) is 5.65 Å². The largest absolute Gasteiger partial charge is 0.367 e. The van der Waals surface area contributed by atoms with Gasteiger partial charge < -0.3 is 4.90 Å². The van der Waals surface area contributed by atoms with Crippen molar-refractivity contribution in [3.05, 3.63) is 203 Å². The molecule has 0 spiro atoms. The van der Waals surface area contributed by atoms with Crippen LogP contribution in [0.5, 0.6) is 0 Å². The van der Waals surface area contributed by atoms with Gasteiger partial charge in [-0.1, -0.05) is 146 Å². The number of fused-ring (bicyclic) bond motifs is 7. The molecule has 0 bridgehead atoms. The van der Waals surface area contributed by atoms with Crippen LogP contribution in [-0.4, -0.2) is 53.4 Å². The lowest BCUT2D eigenvalue weighted by Gasteiger charge is -2.34. The highest BCUT2D eigenvalue weighted by atomic mass is 15.2. The number of rotatable bonds is 6. The summed E-state index contributed by atoms with van der Waals surface area (Å²) in [7, 11) is 4.39. The molecule has 3 aliphatic heterocycles. The monoisotopic (exact) mass is 761 g/mol. The number of anilines is 1. The molecule has 5 nitrogen and oxygen atoms in total. The van der Waals surface area contributed by atoms with Crippen molar-refractivity contribution >= 4 is 62.2 Å². The van der Waals surface area contributed by atoms with Crippen LogP contribution in [0.1, 0.15) is 33.7 Å². The Morgan fingerprint density at radius 2 is 1.42 bits per heavy atom. The van der Waals surface area contributed by atoms with Crippen molar-refractivity contribution in [2.75, 3.05) is 25.5 Å². The number of aromatic nitrogens is 2. The minimum Gasteiger partial charge on any atom is -0.367 e.